The molecule has 1 fully saturated rings. The number of carbonyl (C=O) groups excluding carboxylic acids is 1. The Kier molecular flexibility index (Phi) is 11.1. The minimum Gasteiger partial charge on any atom is -0.354 e. The molecule has 0 radical (unpaired) electrons. The van der Waals surface area contributed by atoms with Crippen molar-refractivity contribution in [2.75, 3.05) is 33.7 Å². The Morgan fingerprint density at radius 2 is 1.76 bits per heavy atom. The van der Waals surface area contributed by atoms with E-state index in [-0.39, 0.29) is 54.3 Å². The van der Waals surface area contributed by atoms with Gasteiger partial charge in [-0.15, -0.1) is 24.0 Å². The molecule has 1 atom stereocenters. The van der Waals surface area contributed by atoms with Crippen LogP contribution in [-0.2, 0) is 11.3 Å². The average Bonchev–Trinajstić information content (AvgIpc) is 2.80. The lowest BCUT2D eigenvalue weighted by atomic mass is 10.0. The summed E-state index contributed by atoms with van der Waals surface area (Å²) in [6.45, 7) is 4.92. The summed E-state index contributed by atoms with van der Waals surface area (Å²) in [5, 5.41) is 6.98. The van der Waals surface area contributed by atoms with E-state index in [9.17, 15) is 9.18 Å². The lowest BCUT2D eigenvalue weighted by Crippen LogP contribution is -2.49. The van der Waals surface area contributed by atoms with Gasteiger partial charge in [0.15, 0.2) is 5.96 Å². The van der Waals surface area contributed by atoms with Crippen LogP contribution in [0, 0.1) is 5.82 Å². The minimum absolute atomic E-state index is 0. The molecule has 2 aromatic rings. The van der Waals surface area contributed by atoms with Crippen molar-refractivity contribution in [2.24, 2.45) is 4.99 Å². The molecule has 1 amide bonds. The molecule has 0 aliphatic carbocycles. The van der Waals surface area contributed by atoms with Crippen molar-refractivity contribution >= 4 is 35.8 Å². The van der Waals surface area contributed by atoms with Crippen molar-refractivity contribution in [3.05, 3.63) is 71.5 Å². The number of hydrogen-bond acceptors (Lipinski definition) is 3. The van der Waals surface area contributed by atoms with Crippen molar-refractivity contribution in [1.29, 1.82) is 0 Å². The highest BCUT2D eigenvalue weighted by Gasteiger charge is 2.21. The summed E-state index contributed by atoms with van der Waals surface area (Å²) < 4.78 is 13.1. The molecule has 2 N–H and O–H groups in total. The van der Waals surface area contributed by atoms with E-state index in [4.69, 9.17) is 0 Å². The molecule has 3 rings (SSSR count). The zero-order valence-corrected chi connectivity index (χ0v) is 22.0. The van der Waals surface area contributed by atoms with Crippen LogP contribution in [0.25, 0.3) is 0 Å². The second-order valence-corrected chi connectivity index (χ2v) is 8.55. The van der Waals surface area contributed by atoms with Crippen LogP contribution in [0.4, 0.5) is 4.39 Å². The zero-order valence-electron chi connectivity index (χ0n) is 19.6. The van der Waals surface area contributed by atoms with E-state index in [1.165, 1.54) is 12.1 Å². The van der Waals surface area contributed by atoms with Gasteiger partial charge in [0.2, 0.25) is 5.91 Å². The van der Waals surface area contributed by atoms with Gasteiger partial charge in [-0.1, -0.05) is 42.5 Å². The number of carbonyl (C=O) groups is 1. The number of halogens is 2. The fraction of sp³-hybridized carbons (Fsp3) is 0.440. The Morgan fingerprint density at radius 1 is 1.12 bits per heavy atom. The number of amides is 1. The molecule has 33 heavy (non-hydrogen) atoms. The summed E-state index contributed by atoms with van der Waals surface area (Å²) in [7, 11) is 3.48. The summed E-state index contributed by atoms with van der Waals surface area (Å²) in [6.07, 6.45) is 1.95. The highest BCUT2D eigenvalue weighted by atomic mass is 127. The van der Waals surface area contributed by atoms with E-state index in [2.05, 4.69) is 39.6 Å². The predicted octanol–water partition coefficient (Wildman–Crippen LogP) is 3.79. The van der Waals surface area contributed by atoms with Crippen LogP contribution < -0.4 is 10.6 Å². The molecular formula is C25H35FIN5O. The van der Waals surface area contributed by atoms with E-state index in [0.717, 1.165) is 43.6 Å². The van der Waals surface area contributed by atoms with Gasteiger partial charge in [0, 0.05) is 39.8 Å². The third-order valence-electron chi connectivity index (χ3n) is 5.77. The standard InChI is InChI=1S/C25H34FN5O.HI/c1-19(21-7-5-4-6-8-21)28-25(27-17-24(32)30(2)3)29-23-13-15-31(16-14-23)18-20-9-11-22(26)12-10-20;/h4-12,19,23H,13-18H2,1-3H3,(H2,27,28,29);1H. The van der Waals surface area contributed by atoms with Gasteiger partial charge in [-0.25, -0.2) is 9.38 Å². The highest BCUT2D eigenvalue weighted by Crippen LogP contribution is 2.15. The maximum Gasteiger partial charge on any atom is 0.243 e. The molecule has 180 valence electrons. The molecule has 2 aromatic carbocycles. The Morgan fingerprint density at radius 3 is 2.36 bits per heavy atom. The Balaban J connectivity index is 0.00000385. The molecule has 6 nitrogen and oxygen atoms in total. The van der Waals surface area contributed by atoms with Gasteiger partial charge in [-0.05, 0) is 43.0 Å². The molecule has 1 unspecified atom stereocenters. The third kappa shape index (κ3) is 8.92. The number of hydrogen-bond donors (Lipinski definition) is 2. The number of aliphatic imine (C=N–C) groups is 1. The smallest absolute Gasteiger partial charge is 0.243 e. The first kappa shape index (κ1) is 27.0. The molecule has 1 heterocycles. The molecule has 1 aliphatic heterocycles. The van der Waals surface area contributed by atoms with E-state index < -0.39 is 0 Å². The van der Waals surface area contributed by atoms with Gasteiger partial charge in [0.25, 0.3) is 0 Å². The third-order valence-corrected chi connectivity index (χ3v) is 5.77. The normalized spacial score (nSPS) is 15.9. The summed E-state index contributed by atoms with van der Waals surface area (Å²) in [4.78, 5) is 20.6. The molecule has 8 heteroatoms. The van der Waals surface area contributed by atoms with Gasteiger partial charge >= 0.3 is 0 Å². The Bertz CT molecular complexity index is 883. The van der Waals surface area contributed by atoms with Gasteiger partial charge in [0.1, 0.15) is 12.4 Å². The number of benzene rings is 2. The Labute approximate surface area is 213 Å². The molecule has 0 spiro atoms. The summed E-state index contributed by atoms with van der Waals surface area (Å²) >= 11 is 0. The summed E-state index contributed by atoms with van der Waals surface area (Å²) in [5.41, 5.74) is 2.29. The minimum atomic E-state index is -0.201. The van der Waals surface area contributed by atoms with E-state index in [1.807, 2.05) is 30.3 Å². The fourth-order valence-electron chi connectivity index (χ4n) is 3.73. The van der Waals surface area contributed by atoms with Crippen molar-refractivity contribution in [2.45, 2.75) is 38.4 Å². The van der Waals surface area contributed by atoms with Crippen LogP contribution in [0.3, 0.4) is 0 Å². The van der Waals surface area contributed by atoms with Crippen molar-refractivity contribution < 1.29 is 9.18 Å². The van der Waals surface area contributed by atoms with Crippen LogP contribution in [0.1, 0.15) is 36.9 Å². The van der Waals surface area contributed by atoms with Gasteiger partial charge in [-0.3, -0.25) is 9.69 Å². The van der Waals surface area contributed by atoms with E-state index >= 15 is 0 Å². The molecule has 0 bridgehead atoms. The van der Waals surface area contributed by atoms with Crippen molar-refractivity contribution in [1.82, 2.24) is 20.4 Å². The SMILES string of the molecule is CC(NC(=NCC(=O)N(C)C)NC1CCN(Cc2ccc(F)cc2)CC1)c1ccccc1.I. The zero-order chi connectivity index (χ0) is 22.9. The summed E-state index contributed by atoms with van der Waals surface area (Å²) in [5.74, 6) is 0.426. The van der Waals surface area contributed by atoms with Crippen LogP contribution in [0.15, 0.2) is 59.6 Å². The number of likely N-dealkylation sites (N-methyl/N-ethyl adjacent to an activating group) is 1. The predicted molar refractivity (Wildman–Crippen MR) is 142 cm³/mol. The number of piperidine rings is 1. The molecule has 1 saturated heterocycles. The van der Waals surface area contributed by atoms with Crippen molar-refractivity contribution in [3.8, 4) is 0 Å². The molecule has 0 saturated carbocycles. The van der Waals surface area contributed by atoms with Crippen LogP contribution >= 0.6 is 24.0 Å². The number of nitrogens with one attached hydrogen (secondary N) is 2. The maximum atomic E-state index is 13.1. The first-order valence-corrected chi connectivity index (χ1v) is 11.2. The second-order valence-electron chi connectivity index (χ2n) is 8.55. The average molecular weight is 567 g/mol. The first-order chi connectivity index (χ1) is 15.4. The summed E-state index contributed by atoms with van der Waals surface area (Å²) in [6, 6.07) is 17.3. The van der Waals surface area contributed by atoms with E-state index in [1.54, 1.807) is 19.0 Å². The maximum absolute atomic E-state index is 13.1. The largest absolute Gasteiger partial charge is 0.354 e. The molecular weight excluding hydrogens is 532 g/mol. The fourth-order valence-corrected chi connectivity index (χ4v) is 3.73. The molecule has 1 aliphatic rings. The van der Waals surface area contributed by atoms with Gasteiger partial charge in [-0.2, -0.15) is 0 Å². The monoisotopic (exact) mass is 567 g/mol. The van der Waals surface area contributed by atoms with Crippen LogP contribution in [0.2, 0.25) is 0 Å². The first-order valence-electron chi connectivity index (χ1n) is 11.2. The number of guanidine groups is 1. The number of likely N-dealkylation sites (tertiary alicyclic amines) is 1. The van der Waals surface area contributed by atoms with Crippen LogP contribution in [-0.4, -0.2) is 61.4 Å². The van der Waals surface area contributed by atoms with E-state index in [0.29, 0.717) is 5.96 Å². The van der Waals surface area contributed by atoms with Crippen molar-refractivity contribution in [3.63, 3.8) is 0 Å². The topological polar surface area (TPSA) is 60.0 Å². The van der Waals surface area contributed by atoms with Crippen LogP contribution in [0.5, 0.6) is 0 Å². The molecule has 0 aromatic heterocycles. The lowest BCUT2D eigenvalue weighted by molar-refractivity contribution is -0.127. The highest BCUT2D eigenvalue weighted by molar-refractivity contribution is 14.0. The quantitative estimate of drug-likeness (QED) is 0.304. The van der Waals surface area contributed by atoms with Gasteiger partial charge < -0.3 is 15.5 Å². The second kappa shape index (κ2) is 13.5. The Hall–Kier alpha value is -2.20. The van der Waals surface area contributed by atoms with Gasteiger partial charge in [0.05, 0.1) is 6.04 Å². The lowest BCUT2D eigenvalue weighted by Gasteiger charge is -2.33. The number of nitrogens with zero attached hydrogens (tertiary/aromatic N) is 3. The number of rotatable bonds is 7.